The Morgan fingerprint density at radius 1 is 1.53 bits per heavy atom. The first-order chi connectivity index (χ1) is 7.08. The van der Waals surface area contributed by atoms with E-state index in [-0.39, 0.29) is 18.7 Å². The van der Waals surface area contributed by atoms with E-state index < -0.39 is 17.8 Å². The molecule has 1 amide bonds. The Hall–Kier alpha value is -1.62. The number of anilines is 1. The third-order valence-corrected chi connectivity index (χ3v) is 2.37. The fourth-order valence-corrected chi connectivity index (χ4v) is 1.50. The second-order valence-corrected chi connectivity index (χ2v) is 3.60. The molecule has 1 fully saturated rings. The van der Waals surface area contributed by atoms with Gasteiger partial charge in [-0.25, -0.2) is 4.39 Å². The van der Waals surface area contributed by atoms with E-state index in [1.54, 1.807) is 0 Å². The van der Waals surface area contributed by atoms with Crippen LogP contribution in [0.15, 0.2) is 18.2 Å². The van der Waals surface area contributed by atoms with Crippen molar-refractivity contribution in [2.45, 2.75) is 6.10 Å². The maximum atomic E-state index is 13.3. The van der Waals surface area contributed by atoms with Crippen LogP contribution >= 0.6 is 0 Å². The third kappa shape index (κ3) is 1.78. The highest BCUT2D eigenvalue weighted by Crippen LogP contribution is 2.18. The van der Waals surface area contributed by atoms with Gasteiger partial charge < -0.3 is 15.7 Å². The van der Waals surface area contributed by atoms with Gasteiger partial charge in [0.2, 0.25) is 0 Å². The van der Waals surface area contributed by atoms with Crippen molar-refractivity contribution in [1.82, 2.24) is 4.90 Å². The molecule has 15 heavy (non-hydrogen) atoms. The second-order valence-electron chi connectivity index (χ2n) is 3.60. The lowest BCUT2D eigenvalue weighted by Crippen LogP contribution is -2.53. The van der Waals surface area contributed by atoms with Crippen LogP contribution in [0.4, 0.5) is 10.1 Å². The van der Waals surface area contributed by atoms with Crippen LogP contribution in [0.2, 0.25) is 0 Å². The molecule has 1 aromatic rings. The van der Waals surface area contributed by atoms with Crippen LogP contribution in [-0.2, 0) is 0 Å². The van der Waals surface area contributed by atoms with Crippen LogP contribution in [0.1, 0.15) is 10.4 Å². The molecule has 0 saturated carbocycles. The SMILES string of the molecule is Nc1ccc(F)c(C(=O)N2CC(O)C2)c1. The number of nitrogens with zero attached hydrogens (tertiary/aromatic N) is 1. The van der Waals surface area contributed by atoms with Crippen LogP contribution in [0.5, 0.6) is 0 Å². The number of rotatable bonds is 1. The van der Waals surface area contributed by atoms with Crippen LogP contribution < -0.4 is 5.73 Å². The topological polar surface area (TPSA) is 66.6 Å². The fourth-order valence-electron chi connectivity index (χ4n) is 1.50. The summed E-state index contributed by atoms with van der Waals surface area (Å²) in [6, 6.07) is 3.87. The van der Waals surface area contributed by atoms with Gasteiger partial charge in [0.05, 0.1) is 11.7 Å². The summed E-state index contributed by atoms with van der Waals surface area (Å²) in [5, 5.41) is 9.03. The third-order valence-electron chi connectivity index (χ3n) is 2.37. The Morgan fingerprint density at radius 2 is 2.20 bits per heavy atom. The van der Waals surface area contributed by atoms with Gasteiger partial charge in [0.1, 0.15) is 5.82 Å². The minimum Gasteiger partial charge on any atom is -0.399 e. The molecule has 1 aromatic carbocycles. The maximum Gasteiger partial charge on any atom is 0.257 e. The van der Waals surface area contributed by atoms with E-state index in [4.69, 9.17) is 10.8 Å². The summed E-state index contributed by atoms with van der Waals surface area (Å²) < 4.78 is 13.3. The summed E-state index contributed by atoms with van der Waals surface area (Å²) in [5.74, 6) is -1.01. The zero-order valence-corrected chi connectivity index (χ0v) is 7.98. The highest BCUT2D eigenvalue weighted by atomic mass is 19.1. The van der Waals surface area contributed by atoms with Gasteiger partial charge in [0.15, 0.2) is 0 Å². The van der Waals surface area contributed by atoms with Gasteiger partial charge in [-0.2, -0.15) is 0 Å². The van der Waals surface area contributed by atoms with E-state index >= 15 is 0 Å². The van der Waals surface area contributed by atoms with Crippen molar-refractivity contribution in [1.29, 1.82) is 0 Å². The standard InChI is InChI=1S/C10H11FN2O2/c11-9-2-1-6(12)3-8(9)10(15)13-4-7(14)5-13/h1-3,7,14H,4-5,12H2. The minimum absolute atomic E-state index is 0.0399. The van der Waals surface area contributed by atoms with Crippen molar-refractivity contribution in [3.05, 3.63) is 29.6 Å². The molecule has 4 nitrogen and oxygen atoms in total. The summed E-state index contributed by atoms with van der Waals surface area (Å²) in [4.78, 5) is 13.0. The van der Waals surface area contributed by atoms with Crippen molar-refractivity contribution >= 4 is 11.6 Å². The lowest BCUT2D eigenvalue weighted by molar-refractivity contribution is 0.00559. The average Bonchev–Trinajstić information content (AvgIpc) is 2.16. The van der Waals surface area contributed by atoms with E-state index in [9.17, 15) is 9.18 Å². The second kappa shape index (κ2) is 3.51. The number of halogens is 1. The monoisotopic (exact) mass is 210 g/mol. The molecule has 5 heteroatoms. The normalized spacial score (nSPS) is 16.3. The highest BCUT2D eigenvalue weighted by Gasteiger charge is 2.30. The Bertz CT molecular complexity index is 402. The molecular formula is C10H11FN2O2. The molecule has 0 unspecified atom stereocenters. The van der Waals surface area contributed by atoms with Crippen LogP contribution in [-0.4, -0.2) is 35.1 Å². The van der Waals surface area contributed by atoms with Crippen LogP contribution in [0, 0.1) is 5.82 Å². The maximum absolute atomic E-state index is 13.3. The van der Waals surface area contributed by atoms with Crippen molar-refractivity contribution < 1.29 is 14.3 Å². The molecule has 80 valence electrons. The number of hydrogen-bond acceptors (Lipinski definition) is 3. The van der Waals surface area contributed by atoms with Gasteiger partial charge in [0, 0.05) is 18.8 Å². The predicted molar refractivity (Wildman–Crippen MR) is 52.7 cm³/mol. The van der Waals surface area contributed by atoms with Crippen molar-refractivity contribution in [2.24, 2.45) is 0 Å². The summed E-state index contributed by atoms with van der Waals surface area (Å²) in [5.41, 5.74) is 5.77. The van der Waals surface area contributed by atoms with Gasteiger partial charge in [-0.15, -0.1) is 0 Å². The molecule has 0 radical (unpaired) electrons. The molecule has 3 N–H and O–H groups in total. The lowest BCUT2D eigenvalue weighted by Gasteiger charge is -2.35. The number of aliphatic hydroxyl groups excluding tert-OH is 1. The quantitative estimate of drug-likeness (QED) is 0.652. The average molecular weight is 210 g/mol. The smallest absolute Gasteiger partial charge is 0.257 e. The number of carbonyl (C=O) groups is 1. The number of β-amino-alcohol motifs (C(OH)–C–C–N with tert-alkyl or cyclic N) is 1. The van der Waals surface area contributed by atoms with Crippen molar-refractivity contribution in [3.8, 4) is 0 Å². The molecule has 0 bridgehead atoms. The molecule has 1 heterocycles. The summed E-state index contributed by atoms with van der Waals surface area (Å²) in [6.07, 6.45) is -0.488. The molecule has 0 spiro atoms. The number of nitrogens with two attached hydrogens (primary N) is 1. The van der Waals surface area contributed by atoms with Gasteiger partial charge in [0.25, 0.3) is 5.91 Å². The zero-order chi connectivity index (χ0) is 11.0. The number of benzene rings is 1. The van der Waals surface area contributed by atoms with Gasteiger partial charge in [-0.3, -0.25) is 4.79 Å². The van der Waals surface area contributed by atoms with Crippen LogP contribution in [0.3, 0.4) is 0 Å². The predicted octanol–water partition coefficient (Wildman–Crippen LogP) is 0.225. The lowest BCUT2D eigenvalue weighted by atomic mass is 10.1. The Balaban J connectivity index is 2.22. The number of carbonyl (C=O) groups excluding carboxylic acids is 1. The highest BCUT2D eigenvalue weighted by molar-refractivity contribution is 5.95. The molecule has 0 aliphatic carbocycles. The van der Waals surface area contributed by atoms with Crippen molar-refractivity contribution in [2.75, 3.05) is 18.8 Å². The van der Waals surface area contributed by atoms with Gasteiger partial charge in [-0.1, -0.05) is 0 Å². The summed E-state index contributed by atoms with van der Waals surface area (Å²) >= 11 is 0. The molecule has 0 aromatic heterocycles. The molecule has 2 rings (SSSR count). The minimum atomic E-state index is -0.587. The van der Waals surface area contributed by atoms with Crippen molar-refractivity contribution in [3.63, 3.8) is 0 Å². The number of nitrogen functional groups attached to an aromatic ring is 1. The van der Waals surface area contributed by atoms with E-state index in [0.29, 0.717) is 5.69 Å². The zero-order valence-electron chi connectivity index (χ0n) is 7.98. The van der Waals surface area contributed by atoms with Gasteiger partial charge in [-0.05, 0) is 18.2 Å². The number of likely N-dealkylation sites (tertiary alicyclic amines) is 1. The number of aliphatic hydroxyl groups is 1. The summed E-state index contributed by atoms with van der Waals surface area (Å²) in [7, 11) is 0. The first-order valence-corrected chi connectivity index (χ1v) is 4.60. The summed E-state index contributed by atoms with van der Waals surface area (Å²) in [6.45, 7) is 0.514. The molecule has 1 saturated heterocycles. The van der Waals surface area contributed by atoms with Gasteiger partial charge >= 0.3 is 0 Å². The Morgan fingerprint density at radius 3 is 2.80 bits per heavy atom. The number of amides is 1. The van der Waals surface area contributed by atoms with E-state index in [0.717, 1.165) is 0 Å². The van der Waals surface area contributed by atoms with E-state index in [2.05, 4.69) is 0 Å². The largest absolute Gasteiger partial charge is 0.399 e. The van der Waals surface area contributed by atoms with E-state index in [1.807, 2.05) is 0 Å². The first-order valence-electron chi connectivity index (χ1n) is 4.60. The molecular weight excluding hydrogens is 199 g/mol. The molecule has 1 aliphatic heterocycles. The number of hydrogen-bond donors (Lipinski definition) is 2. The van der Waals surface area contributed by atoms with Crippen LogP contribution in [0.25, 0.3) is 0 Å². The molecule has 0 atom stereocenters. The Labute approximate surface area is 86.1 Å². The van der Waals surface area contributed by atoms with E-state index in [1.165, 1.54) is 23.1 Å². The first kappa shape index (κ1) is 9.92. The Kier molecular flexibility index (Phi) is 2.32. The fraction of sp³-hybridized carbons (Fsp3) is 0.300. The molecule has 1 aliphatic rings.